The van der Waals surface area contributed by atoms with Crippen LogP contribution in [0.15, 0.2) is 12.4 Å². The number of nitrogens with zero attached hydrogens (tertiary/aromatic N) is 5. The maximum atomic E-state index is 5.65. The van der Waals surface area contributed by atoms with Crippen molar-refractivity contribution in [1.29, 1.82) is 0 Å². The fourth-order valence-corrected chi connectivity index (χ4v) is 1.48. The number of halogens is 1. The fraction of sp³-hybridized carbons (Fsp3) is 0.333. The molecular weight excluding hydrogens is 242 g/mol. The molecule has 0 aromatic carbocycles. The fourth-order valence-electron chi connectivity index (χ4n) is 1.32. The van der Waals surface area contributed by atoms with E-state index in [0.29, 0.717) is 19.0 Å². The number of hydrogen-bond acceptors (Lipinski definition) is 6. The van der Waals surface area contributed by atoms with Gasteiger partial charge in [-0.15, -0.1) is 0 Å². The molecule has 0 saturated heterocycles. The summed E-state index contributed by atoms with van der Waals surface area (Å²) in [7, 11) is 0. The van der Waals surface area contributed by atoms with Crippen LogP contribution in [0, 0.1) is 6.92 Å². The molecule has 90 valence electrons. The van der Waals surface area contributed by atoms with Gasteiger partial charge in [-0.05, 0) is 24.1 Å². The predicted octanol–water partition coefficient (Wildman–Crippen LogP) is 0.724. The van der Waals surface area contributed by atoms with E-state index in [2.05, 4.69) is 25.4 Å². The van der Waals surface area contributed by atoms with Crippen molar-refractivity contribution in [3.05, 3.63) is 23.2 Å². The monoisotopic (exact) mass is 253 g/mol. The predicted molar refractivity (Wildman–Crippen MR) is 64.7 cm³/mol. The Hall–Kier alpha value is -1.89. The molecule has 0 aliphatic heterocycles. The number of hydrogen-bond donors (Lipinski definition) is 2. The van der Waals surface area contributed by atoms with Crippen LogP contribution in [0.2, 0.25) is 5.28 Å². The van der Waals surface area contributed by atoms with Gasteiger partial charge in [-0.25, -0.2) is 0 Å². The molecule has 2 heterocycles. The van der Waals surface area contributed by atoms with E-state index in [9.17, 15) is 0 Å². The van der Waals surface area contributed by atoms with Gasteiger partial charge in [-0.3, -0.25) is 4.68 Å². The lowest BCUT2D eigenvalue weighted by atomic mass is 10.4. The van der Waals surface area contributed by atoms with E-state index in [1.165, 1.54) is 0 Å². The molecule has 0 bridgehead atoms. The average Bonchev–Trinajstić information content (AvgIpc) is 2.63. The summed E-state index contributed by atoms with van der Waals surface area (Å²) in [4.78, 5) is 11.5. The van der Waals surface area contributed by atoms with Crippen molar-refractivity contribution in [2.45, 2.75) is 13.5 Å². The zero-order chi connectivity index (χ0) is 12.3. The van der Waals surface area contributed by atoms with Crippen molar-refractivity contribution in [3.8, 4) is 0 Å². The molecule has 0 aliphatic rings. The topological polar surface area (TPSA) is 94.5 Å². The quantitative estimate of drug-likeness (QED) is 0.834. The first-order chi connectivity index (χ1) is 8.13. The normalized spacial score (nSPS) is 10.5. The summed E-state index contributed by atoms with van der Waals surface area (Å²) in [6.45, 7) is 3.32. The number of nitrogens with one attached hydrogen (secondary N) is 1. The Morgan fingerprint density at radius 3 is 2.88 bits per heavy atom. The first-order valence-electron chi connectivity index (χ1n) is 5.03. The van der Waals surface area contributed by atoms with Crippen LogP contribution in [0.4, 0.5) is 11.9 Å². The second-order valence-corrected chi connectivity index (χ2v) is 3.83. The second-order valence-electron chi connectivity index (χ2n) is 3.49. The van der Waals surface area contributed by atoms with Gasteiger partial charge in [0.25, 0.3) is 0 Å². The number of rotatable bonds is 4. The highest BCUT2D eigenvalue weighted by atomic mass is 35.5. The molecule has 2 aromatic rings. The summed E-state index contributed by atoms with van der Waals surface area (Å²) < 4.78 is 1.83. The Balaban J connectivity index is 1.89. The minimum Gasteiger partial charge on any atom is -0.368 e. The summed E-state index contributed by atoms with van der Waals surface area (Å²) >= 11 is 5.65. The first-order valence-corrected chi connectivity index (χ1v) is 5.41. The van der Waals surface area contributed by atoms with Gasteiger partial charge in [0.05, 0.1) is 12.7 Å². The minimum absolute atomic E-state index is 0.0786. The largest absolute Gasteiger partial charge is 0.368 e. The average molecular weight is 254 g/mol. The highest BCUT2D eigenvalue weighted by Gasteiger charge is 2.01. The number of aryl methyl sites for hydroxylation is 1. The van der Waals surface area contributed by atoms with E-state index in [1.807, 2.05) is 17.8 Å². The lowest BCUT2D eigenvalue weighted by Crippen LogP contribution is -2.13. The molecule has 2 rings (SSSR count). The van der Waals surface area contributed by atoms with Crippen LogP contribution in [0.3, 0.4) is 0 Å². The van der Waals surface area contributed by atoms with Gasteiger partial charge in [0.15, 0.2) is 0 Å². The Labute approximate surface area is 103 Å². The van der Waals surface area contributed by atoms with Gasteiger partial charge in [0.2, 0.25) is 17.2 Å². The molecule has 7 nitrogen and oxygen atoms in total. The van der Waals surface area contributed by atoms with Crippen LogP contribution < -0.4 is 11.1 Å². The van der Waals surface area contributed by atoms with Crippen LogP contribution in [0.1, 0.15) is 5.56 Å². The third-order valence-corrected chi connectivity index (χ3v) is 2.18. The molecule has 0 spiro atoms. The summed E-state index contributed by atoms with van der Waals surface area (Å²) in [5.41, 5.74) is 6.56. The maximum absolute atomic E-state index is 5.65. The molecule has 8 heteroatoms. The number of nitrogens with two attached hydrogens (primary N) is 1. The smallest absolute Gasteiger partial charge is 0.228 e. The molecule has 3 N–H and O–H groups in total. The van der Waals surface area contributed by atoms with Crippen LogP contribution in [0.5, 0.6) is 0 Å². The van der Waals surface area contributed by atoms with Gasteiger partial charge >= 0.3 is 0 Å². The maximum Gasteiger partial charge on any atom is 0.228 e. The summed E-state index contributed by atoms with van der Waals surface area (Å²) in [6.07, 6.45) is 3.76. The van der Waals surface area contributed by atoms with E-state index in [1.54, 1.807) is 6.20 Å². The SMILES string of the molecule is Cc1cnn(CCNc2nc(N)nc(Cl)n2)c1. The second kappa shape index (κ2) is 4.96. The summed E-state index contributed by atoms with van der Waals surface area (Å²) in [6, 6.07) is 0. The molecular formula is C9H12ClN7. The number of nitrogen functional groups attached to an aromatic ring is 1. The first kappa shape index (κ1) is 11.6. The van der Waals surface area contributed by atoms with Gasteiger partial charge in [-0.2, -0.15) is 20.1 Å². The highest BCUT2D eigenvalue weighted by Crippen LogP contribution is 2.06. The molecule has 0 atom stereocenters. The third-order valence-electron chi connectivity index (χ3n) is 2.01. The van der Waals surface area contributed by atoms with Gasteiger partial charge in [0, 0.05) is 12.7 Å². The van der Waals surface area contributed by atoms with Crippen LogP contribution >= 0.6 is 11.6 Å². The summed E-state index contributed by atoms with van der Waals surface area (Å²) in [5.74, 6) is 0.466. The zero-order valence-corrected chi connectivity index (χ0v) is 10.0. The highest BCUT2D eigenvalue weighted by molar-refractivity contribution is 6.28. The Bertz CT molecular complexity index is 490. The Kier molecular flexibility index (Phi) is 3.38. The summed E-state index contributed by atoms with van der Waals surface area (Å²) in [5, 5.41) is 7.23. The Morgan fingerprint density at radius 1 is 1.41 bits per heavy atom. The van der Waals surface area contributed by atoms with E-state index in [-0.39, 0.29) is 11.2 Å². The number of anilines is 2. The van der Waals surface area contributed by atoms with Gasteiger partial charge in [0.1, 0.15) is 0 Å². The minimum atomic E-state index is 0.0786. The third kappa shape index (κ3) is 3.28. The Morgan fingerprint density at radius 2 is 2.24 bits per heavy atom. The van der Waals surface area contributed by atoms with Crippen molar-refractivity contribution < 1.29 is 0 Å². The molecule has 0 radical (unpaired) electrons. The molecule has 0 aliphatic carbocycles. The van der Waals surface area contributed by atoms with E-state index < -0.39 is 0 Å². The number of aromatic nitrogens is 5. The van der Waals surface area contributed by atoms with Crippen LogP contribution in [-0.2, 0) is 6.54 Å². The van der Waals surface area contributed by atoms with Crippen LogP contribution in [-0.4, -0.2) is 31.3 Å². The molecule has 0 fully saturated rings. The lowest BCUT2D eigenvalue weighted by Gasteiger charge is -2.05. The van der Waals surface area contributed by atoms with Gasteiger partial charge < -0.3 is 11.1 Å². The molecule has 2 aromatic heterocycles. The molecule has 17 heavy (non-hydrogen) atoms. The van der Waals surface area contributed by atoms with E-state index in [4.69, 9.17) is 17.3 Å². The lowest BCUT2D eigenvalue weighted by molar-refractivity contribution is 0.635. The van der Waals surface area contributed by atoms with Crippen molar-refractivity contribution in [2.24, 2.45) is 0 Å². The van der Waals surface area contributed by atoms with Crippen molar-refractivity contribution in [1.82, 2.24) is 24.7 Å². The molecule has 0 amide bonds. The van der Waals surface area contributed by atoms with Crippen molar-refractivity contribution >= 4 is 23.5 Å². The van der Waals surface area contributed by atoms with E-state index >= 15 is 0 Å². The van der Waals surface area contributed by atoms with Crippen molar-refractivity contribution in [3.63, 3.8) is 0 Å². The van der Waals surface area contributed by atoms with E-state index in [0.717, 1.165) is 5.56 Å². The standard InChI is InChI=1S/C9H12ClN7/c1-6-4-13-17(5-6)3-2-12-9-15-7(10)14-8(11)16-9/h4-5H,2-3H2,1H3,(H3,11,12,14,15,16). The molecule has 0 saturated carbocycles. The van der Waals surface area contributed by atoms with Gasteiger partial charge in [-0.1, -0.05) is 0 Å². The van der Waals surface area contributed by atoms with Crippen molar-refractivity contribution in [2.75, 3.05) is 17.6 Å². The zero-order valence-electron chi connectivity index (χ0n) is 9.26. The van der Waals surface area contributed by atoms with Crippen LogP contribution in [0.25, 0.3) is 0 Å². The molecule has 0 unspecified atom stereocenters.